The molecule has 0 unspecified atom stereocenters. The van der Waals surface area contributed by atoms with Gasteiger partial charge in [-0.15, -0.1) is 0 Å². The normalized spacial score (nSPS) is 13.5. The summed E-state index contributed by atoms with van der Waals surface area (Å²) >= 11 is 0. The first-order chi connectivity index (χ1) is 7.34. The minimum Gasteiger partial charge on any atom is -0.361 e. The van der Waals surface area contributed by atoms with Crippen LogP contribution in [0.2, 0.25) is 0 Å². The lowest BCUT2D eigenvalue weighted by atomic mass is 10.1. The Morgan fingerprint density at radius 3 is 2.47 bits per heavy atom. The topological polar surface area (TPSA) is 15.8 Å². The summed E-state index contributed by atoms with van der Waals surface area (Å²) in [6.07, 6.45) is 5.97. The minimum atomic E-state index is 1.27. The lowest BCUT2D eigenvalue weighted by molar-refractivity contribution is 0.912. The Kier molecular flexibility index (Phi) is 2.81. The molecule has 0 bridgehead atoms. The summed E-state index contributed by atoms with van der Waals surface area (Å²) in [5, 5.41) is 1.40. The Labute approximate surface area is 91.5 Å². The van der Waals surface area contributed by atoms with E-state index in [2.05, 4.69) is 30.2 Å². The highest BCUT2D eigenvalue weighted by molar-refractivity contribution is 5.84. The van der Waals surface area contributed by atoms with Crippen LogP contribution in [0.5, 0.6) is 0 Å². The highest BCUT2D eigenvalue weighted by Gasteiger charge is 2.12. The largest absolute Gasteiger partial charge is 0.361 e. The van der Waals surface area contributed by atoms with Gasteiger partial charge < -0.3 is 4.98 Å². The van der Waals surface area contributed by atoms with Gasteiger partial charge in [0, 0.05) is 17.1 Å². The molecule has 1 heteroatoms. The van der Waals surface area contributed by atoms with Crippen LogP contribution >= 0.6 is 0 Å². The number of rotatable bonds is 0. The van der Waals surface area contributed by atoms with Crippen molar-refractivity contribution in [2.75, 3.05) is 0 Å². The highest BCUT2D eigenvalue weighted by Crippen LogP contribution is 2.28. The summed E-state index contributed by atoms with van der Waals surface area (Å²) in [5.74, 6) is 0. The van der Waals surface area contributed by atoms with Gasteiger partial charge >= 0.3 is 0 Å². The van der Waals surface area contributed by atoms with Crippen LogP contribution in [0.25, 0.3) is 10.9 Å². The maximum atomic E-state index is 3.32. The molecule has 0 radical (unpaired) electrons. The first-order valence-electron chi connectivity index (χ1n) is 5.94. The van der Waals surface area contributed by atoms with E-state index in [9.17, 15) is 0 Å². The van der Waals surface area contributed by atoms with Crippen LogP contribution in [0.15, 0.2) is 18.3 Å². The molecule has 0 aliphatic heterocycles. The lowest BCUT2D eigenvalue weighted by Gasteiger charge is -1.99. The first kappa shape index (κ1) is 10.3. The molecular weight excluding hydrogens is 182 g/mol. The Morgan fingerprint density at radius 1 is 1.07 bits per heavy atom. The van der Waals surface area contributed by atoms with Crippen molar-refractivity contribution in [3.63, 3.8) is 0 Å². The van der Waals surface area contributed by atoms with Crippen molar-refractivity contribution in [1.82, 2.24) is 4.98 Å². The summed E-state index contributed by atoms with van der Waals surface area (Å²) in [5.41, 5.74) is 5.78. The second kappa shape index (κ2) is 4.09. The van der Waals surface area contributed by atoms with Crippen LogP contribution in [-0.4, -0.2) is 4.98 Å². The van der Waals surface area contributed by atoms with Crippen molar-refractivity contribution in [2.24, 2.45) is 0 Å². The molecule has 1 aromatic heterocycles. The smallest absolute Gasteiger partial charge is 0.0459 e. The summed E-state index contributed by atoms with van der Waals surface area (Å²) in [7, 11) is 0. The van der Waals surface area contributed by atoms with E-state index < -0.39 is 0 Å². The Bertz CT molecular complexity index is 465. The zero-order chi connectivity index (χ0) is 10.8. The molecule has 15 heavy (non-hydrogen) atoms. The van der Waals surface area contributed by atoms with Gasteiger partial charge in [0.15, 0.2) is 0 Å². The van der Waals surface area contributed by atoms with Crippen LogP contribution in [0.4, 0.5) is 0 Å². The van der Waals surface area contributed by atoms with E-state index in [1.54, 1.807) is 11.1 Å². The minimum absolute atomic E-state index is 1.27. The molecule has 2 aromatic rings. The van der Waals surface area contributed by atoms with Gasteiger partial charge in [-0.25, -0.2) is 0 Å². The quantitative estimate of drug-likeness (QED) is 0.663. The number of H-pyrrole nitrogens is 1. The number of aryl methyl sites for hydroxylation is 3. The maximum absolute atomic E-state index is 3.32. The fourth-order valence-electron chi connectivity index (χ4n) is 2.33. The van der Waals surface area contributed by atoms with Crippen molar-refractivity contribution < 1.29 is 0 Å². The van der Waals surface area contributed by atoms with E-state index in [1.165, 1.54) is 35.7 Å². The van der Waals surface area contributed by atoms with E-state index in [1.807, 2.05) is 13.8 Å². The van der Waals surface area contributed by atoms with Gasteiger partial charge in [0.1, 0.15) is 0 Å². The van der Waals surface area contributed by atoms with Crippen LogP contribution in [0.1, 0.15) is 37.0 Å². The predicted molar refractivity (Wildman–Crippen MR) is 66.4 cm³/mol. The van der Waals surface area contributed by atoms with E-state index in [0.717, 1.165) is 0 Å². The number of nitrogens with one attached hydrogen (secondary N) is 1. The number of hydrogen-bond donors (Lipinski definition) is 1. The van der Waals surface area contributed by atoms with Crippen LogP contribution in [0, 0.1) is 6.92 Å². The van der Waals surface area contributed by atoms with Crippen molar-refractivity contribution >= 4 is 10.9 Å². The third-order valence-electron chi connectivity index (χ3n) is 3.10. The summed E-state index contributed by atoms with van der Waals surface area (Å²) in [4.78, 5) is 3.32. The maximum Gasteiger partial charge on any atom is 0.0459 e. The van der Waals surface area contributed by atoms with E-state index in [0.29, 0.717) is 0 Å². The fourth-order valence-corrected chi connectivity index (χ4v) is 2.33. The zero-order valence-electron chi connectivity index (χ0n) is 9.85. The van der Waals surface area contributed by atoms with Crippen molar-refractivity contribution in [2.45, 2.75) is 40.0 Å². The molecular formula is C14H19N. The first-order valence-corrected chi connectivity index (χ1v) is 5.94. The second-order valence-electron chi connectivity index (χ2n) is 3.99. The molecule has 0 fully saturated rings. The molecule has 1 nitrogen and oxygen atoms in total. The van der Waals surface area contributed by atoms with Gasteiger partial charge in [0.2, 0.25) is 0 Å². The van der Waals surface area contributed by atoms with Gasteiger partial charge in [-0.1, -0.05) is 13.8 Å². The zero-order valence-corrected chi connectivity index (χ0v) is 9.85. The molecule has 1 N–H and O–H groups in total. The molecule has 1 aliphatic carbocycles. The summed E-state index contributed by atoms with van der Waals surface area (Å²) < 4.78 is 0. The van der Waals surface area contributed by atoms with Gasteiger partial charge in [0.25, 0.3) is 0 Å². The van der Waals surface area contributed by atoms with Crippen LogP contribution in [-0.2, 0) is 12.8 Å². The van der Waals surface area contributed by atoms with Gasteiger partial charge in [0.05, 0.1) is 0 Å². The molecule has 3 rings (SSSR count). The van der Waals surface area contributed by atoms with Crippen LogP contribution in [0.3, 0.4) is 0 Å². The Hall–Kier alpha value is -1.24. The molecule has 1 aliphatic rings. The monoisotopic (exact) mass is 201 g/mol. The SMILES string of the molecule is CC.Cc1c[nH]c2cc3c(cc12)CCC3. The molecule has 80 valence electrons. The Morgan fingerprint density at radius 2 is 1.73 bits per heavy atom. The highest BCUT2D eigenvalue weighted by atomic mass is 14.7. The number of hydrogen-bond acceptors (Lipinski definition) is 0. The number of fused-ring (bicyclic) bond motifs is 2. The molecule has 1 aromatic carbocycles. The van der Waals surface area contributed by atoms with Gasteiger partial charge in [-0.05, 0) is 55.0 Å². The molecule has 0 amide bonds. The van der Waals surface area contributed by atoms with Gasteiger partial charge in [-0.2, -0.15) is 0 Å². The van der Waals surface area contributed by atoms with Crippen molar-refractivity contribution in [3.05, 3.63) is 35.0 Å². The van der Waals surface area contributed by atoms with E-state index >= 15 is 0 Å². The number of benzene rings is 1. The van der Waals surface area contributed by atoms with Crippen LogP contribution < -0.4 is 0 Å². The summed E-state index contributed by atoms with van der Waals surface area (Å²) in [6.45, 7) is 6.17. The third kappa shape index (κ3) is 1.67. The Balaban J connectivity index is 0.000000404. The molecule has 0 saturated carbocycles. The predicted octanol–water partition coefficient (Wildman–Crippen LogP) is 3.99. The molecule has 0 spiro atoms. The van der Waals surface area contributed by atoms with Crippen molar-refractivity contribution in [3.8, 4) is 0 Å². The van der Waals surface area contributed by atoms with E-state index in [4.69, 9.17) is 0 Å². The molecule has 0 atom stereocenters. The van der Waals surface area contributed by atoms with E-state index in [-0.39, 0.29) is 0 Å². The fraction of sp³-hybridized carbons (Fsp3) is 0.429. The second-order valence-corrected chi connectivity index (χ2v) is 3.99. The summed E-state index contributed by atoms with van der Waals surface area (Å²) in [6, 6.07) is 4.69. The number of aromatic nitrogens is 1. The van der Waals surface area contributed by atoms with Gasteiger partial charge in [-0.3, -0.25) is 0 Å². The van der Waals surface area contributed by atoms with Crippen molar-refractivity contribution in [1.29, 1.82) is 0 Å². The molecule has 0 saturated heterocycles. The lowest BCUT2D eigenvalue weighted by Crippen LogP contribution is -1.81. The number of aromatic amines is 1. The standard InChI is InChI=1S/C12H13N.C2H6/c1-8-7-13-12-6-10-4-2-3-9(10)5-11(8)12;1-2/h5-7,13H,2-4H2,1H3;1-2H3. The molecule has 1 heterocycles. The average molecular weight is 201 g/mol. The third-order valence-corrected chi connectivity index (χ3v) is 3.10. The average Bonchev–Trinajstić information content (AvgIpc) is 2.86.